The quantitative estimate of drug-likeness (QED) is 0.869. The maximum Gasteiger partial charge on any atom is 0.160 e. The lowest BCUT2D eigenvalue weighted by molar-refractivity contribution is 0.758. The van der Waals surface area contributed by atoms with Crippen molar-refractivity contribution in [2.75, 3.05) is 0 Å². The van der Waals surface area contributed by atoms with Crippen molar-refractivity contribution in [1.29, 1.82) is 0 Å². The highest BCUT2D eigenvalue weighted by atomic mass is 79.9. The molecule has 3 nitrogen and oxygen atoms in total. The van der Waals surface area contributed by atoms with Crippen LogP contribution in [0.1, 0.15) is 11.3 Å². The fourth-order valence-corrected chi connectivity index (χ4v) is 2.29. The van der Waals surface area contributed by atoms with Gasteiger partial charge in [-0.1, -0.05) is 34.1 Å². The van der Waals surface area contributed by atoms with Crippen molar-refractivity contribution < 1.29 is 0 Å². The summed E-state index contributed by atoms with van der Waals surface area (Å²) >= 11 is 3.52. The van der Waals surface area contributed by atoms with Gasteiger partial charge in [0.2, 0.25) is 0 Å². The van der Waals surface area contributed by atoms with Crippen molar-refractivity contribution in [2.24, 2.45) is 0 Å². The van der Waals surface area contributed by atoms with Gasteiger partial charge >= 0.3 is 0 Å². The van der Waals surface area contributed by atoms with Crippen molar-refractivity contribution in [3.8, 4) is 11.4 Å². The van der Waals surface area contributed by atoms with E-state index in [1.807, 2.05) is 30.5 Å². The molecule has 0 bridgehead atoms. The fourth-order valence-electron chi connectivity index (χ4n) is 1.83. The van der Waals surface area contributed by atoms with Crippen LogP contribution in [0.5, 0.6) is 0 Å². The first kappa shape index (κ1) is 9.93. The first-order valence-electron chi connectivity index (χ1n) is 5.15. The van der Waals surface area contributed by atoms with E-state index in [2.05, 4.69) is 31.2 Å². The molecular weight excluding hydrogens is 266 g/mol. The molecule has 1 aliphatic rings. The van der Waals surface area contributed by atoms with Gasteiger partial charge in [0, 0.05) is 34.9 Å². The average molecular weight is 276 g/mol. The Labute approximate surface area is 102 Å². The number of nitrogens with zero attached hydrogens (tertiary/aromatic N) is 2. The molecule has 0 saturated carbocycles. The summed E-state index contributed by atoms with van der Waals surface area (Å²) in [5.74, 6) is 0.787. The molecule has 2 aromatic rings. The molecule has 1 aromatic carbocycles. The van der Waals surface area contributed by atoms with E-state index in [0.29, 0.717) is 0 Å². The number of halogens is 1. The molecule has 0 spiro atoms. The highest BCUT2D eigenvalue weighted by Gasteiger charge is 2.14. The standard InChI is InChI=1S/C12H10BrN3/c13-10-4-2-1-3-9(10)12-15-6-8-5-14-7-11(8)16-12/h1-4,6,14H,5,7H2. The zero-order chi connectivity index (χ0) is 11.0. The van der Waals surface area contributed by atoms with E-state index in [-0.39, 0.29) is 0 Å². The Kier molecular flexibility index (Phi) is 2.46. The molecule has 0 aliphatic carbocycles. The molecule has 0 radical (unpaired) electrons. The summed E-state index contributed by atoms with van der Waals surface area (Å²) in [5, 5.41) is 3.27. The Morgan fingerprint density at radius 3 is 2.94 bits per heavy atom. The van der Waals surface area contributed by atoms with Gasteiger partial charge in [0.25, 0.3) is 0 Å². The molecule has 1 aromatic heterocycles. The molecule has 1 aliphatic heterocycles. The Hall–Kier alpha value is -1.26. The number of rotatable bonds is 1. The third kappa shape index (κ3) is 1.64. The minimum absolute atomic E-state index is 0.787. The van der Waals surface area contributed by atoms with Crippen LogP contribution >= 0.6 is 15.9 Å². The van der Waals surface area contributed by atoms with E-state index in [4.69, 9.17) is 0 Å². The van der Waals surface area contributed by atoms with Crippen LogP contribution in [0.15, 0.2) is 34.9 Å². The summed E-state index contributed by atoms with van der Waals surface area (Å²) in [4.78, 5) is 8.98. The van der Waals surface area contributed by atoms with Crippen molar-refractivity contribution >= 4 is 15.9 Å². The lowest BCUT2D eigenvalue weighted by atomic mass is 10.2. The van der Waals surface area contributed by atoms with E-state index < -0.39 is 0 Å². The maximum atomic E-state index is 4.58. The number of fused-ring (bicyclic) bond motifs is 1. The predicted molar refractivity (Wildman–Crippen MR) is 65.7 cm³/mol. The van der Waals surface area contributed by atoms with Crippen molar-refractivity contribution in [1.82, 2.24) is 15.3 Å². The molecule has 0 fully saturated rings. The molecule has 3 rings (SSSR count). The van der Waals surface area contributed by atoms with Gasteiger partial charge in [-0.05, 0) is 6.07 Å². The van der Waals surface area contributed by atoms with Crippen LogP contribution in [0.2, 0.25) is 0 Å². The summed E-state index contributed by atoms with van der Waals surface area (Å²) in [6.45, 7) is 1.72. The summed E-state index contributed by atoms with van der Waals surface area (Å²) in [5.41, 5.74) is 3.36. The third-order valence-corrected chi connectivity index (χ3v) is 3.37. The van der Waals surface area contributed by atoms with Crippen LogP contribution < -0.4 is 5.32 Å². The number of benzene rings is 1. The van der Waals surface area contributed by atoms with E-state index in [1.54, 1.807) is 0 Å². The second-order valence-electron chi connectivity index (χ2n) is 3.75. The topological polar surface area (TPSA) is 37.8 Å². The molecule has 1 N–H and O–H groups in total. The predicted octanol–water partition coefficient (Wildman–Crippen LogP) is 2.51. The van der Waals surface area contributed by atoms with E-state index in [0.717, 1.165) is 34.6 Å². The van der Waals surface area contributed by atoms with Crippen molar-refractivity contribution in [3.05, 3.63) is 46.2 Å². The minimum Gasteiger partial charge on any atom is -0.307 e. The highest BCUT2D eigenvalue weighted by Crippen LogP contribution is 2.26. The summed E-state index contributed by atoms with van der Waals surface area (Å²) in [6, 6.07) is 8.01. The van der Waals surface area contributed by atoms with Gasteiger partial charge in [-0.15, -0.1) is 0 Å². The zero-order valence-electron chi connectivity index (χ0n) is 8.57. The third-order valence-electron chi connectivity index (χ3n) is 2.68. The molecular formula is C12H10BrN3. The maximum absolute atomic E-state index is 4.58. The normalized spacial score (nSPS) is 13.8. The Morgan fingerprint density at radius 1 is 1.19 bits per heavy atom. The van der Waals surface area contributed by atoms with E-state index in [9.17, 15) is 0 Å². The van der Waals surface area contributed by atoms with Crippen LogP contribution in [0.25, 0.3) is 11.4 Å². The lowest BCUT2D eigenvalue weighted by Crippen LogP contribution is -2.00. The largest absolute Gasteiger partial charge is 0.307 e. The number of hydrogen-bond acceptors (Lipinski definition) is 3. The smallest absolute Gasteiger partial charge is 0.160 e. The Morgan fingerprint density at radius 2 is 2.06 bits per heavy atom. The first-order valence-corrected chi connectivity index (χ1v) is 5.94. The summed E-state index contributed by atoms with van der Waals surface area (Å²) in [6.07, 6.45) is 1.91. The SMILES string of the molecule is Brc1ccccc1-c1ncc2c(n1)CNC2. The molecule has 0 amide bonds. The molecule has 80 valence electrons. The lowest BCUT2D eigenvalue weighted by Gasteiger charge is -2.04. The van der Waals surface area contributed by atoms with Crippen LogP contribution in [-0.2, 0) is 13.1 Å². The van der Waals surface area contributed by atoms with Gasteiger partial charge in [-0.25, -0.2) is 9.97 Å². The van der Waals surface area contributed by atoms with Gasteiger partial charge in [0.15, 0.2) is 5.82 Å². The van der Waals surface area contributed by atoms with Crippen molar-refractivity contribution in [2.45, 2.75) is 13.1 Å². The number of aromatic nitrogens is 2. The Balaban J connectivity index is 2.11. The summed E-state index contributed by atoms with van der Waals surface area (Å²) < 4.78 is 1.03. The van der Waals surface area contributed by atoms with Crippen molar-refractivity contribution in [3.63, 3.8) is 0 Å². The first-order chi connectivity index (χ1) is 7.84. The second-order valence-corrected chi connectivity index (χ2v) is 4.60. The molecule has 0 saturated heterocycles. The Bertz CT molecular complexity index is 540. The minimum atomic E-state index is 0.787. The molecule has 0 unspecified atom stereocenters. The number of hydrogen-bond donors (Lipinski definition) is 1. The monoisotopic (exact) mass is 275 g/mol. The van der Waals surface area contributed by atoms with Gasteiger partial charge in [-0.2, -0.15) is 0 Å². The van der Waals surface area contributed by atoms with Crippen LogP contribution in [-0.4, -0.2) is 9.97 Å². The van der Waals surface area contributed by atoms with Crippen LogP contribution in [0, 0.1) is 0 Å². The summed E-state index contributed by atoms with van der Waals surface area (Å²) in [7, 11) is 0. The van der Waals surface area contributed by atoms with Gasteiger partial charge in [0.1, 0.15) is 0 Å². The molecule has 4 heteroatoms. The second kappa shape index (κ2) is 3.96. The van der Waals surface area contributed by atoms with E-state index in [1.165, 1.54) is 5.56 Å². The van der Waals surface area contributed by atoms with E-state index >= 15 is 0 Å². The fraction of sp³-hybridized carbons (Fsp3) is 0.167. The zero-order valence-corrected chi connectivity index (χ0v) is 10.2. The van der Waals surface area contributed by atoms with Crippen LogP contribution in [0.3, 0.4) is 0 Å². The van der Waals surface area contributed by atoms with Gasteiger partial charge in [0.05, 0.1) is 5.69 Å². The highest BCUT2D eigenvalue weighted by molar-refractivity contribution is 9.10. The van der Waals surface area contributed by atoms with Gasteiger partial charge in [-0.3, -0.25) is 0 Å². The molecule has 16 heavy (non-hydrogen) atoms. The van der Waals surface area contributed by atoms with Crippen LogP contribution in [0.4, 0.5) is 0 Å². The molecule has 2 heterocycles. The van der Waals surface area contributed by atoms with Gasteiger partial charge < -0.3 is 5.32 Å². The number of nitrogens with one attached hydrogen (secondary N) is 1. The average Bonchev–Trinajstić information content (AvgIpc) is 2.76. The molecule has 0 atom stereocenters.